The first-order chi connectivity index (χ1) is 9.47. The van der Waals surface area contributed by atoms with Gasteiger partial charge in [-0.3, -0.25) is 14.9 Å². The number of hydrogen-bond acceptors (Lipinski definition) is 5. The molecular weight excluding hydrogens is 328 g/mol. The van der Waals surface area contributed by atoms with Gasteiger partial charge in [0.25, 0.3) is 11.6 Å². The van der Waals surface area contributed by atoms with Crippen molar-refractivity contribution in [1.82, 2.24) is 4.98 Å². The number of hydrogen-bond donors (Lipinski definition) is 2. The SMILES string of the molecule is Nc1ccc(C(=O)Nc2ccc([N+](=O)[O-])cc2Br)nc1. The molecule has 8 heteroatoms. The summed E-state index contributed by atoms with van der Waals surface area (Å²) in [6, 6.07) is 7.11. The molecule has 0 unspecified atom stereocenters. The Morgan fingerprint density at radius 2 is 2.10 bits per heavy atom. The van der Waals surface area contributed by atoms with Crippen LogP contribution in [0, 0.1) is 10.1 Å². The number of carbonyl (C=O) groups excluding carboxylic acids is 1. The van der Waals surface area contributed by atoms with Gasteiger partial charge in [0.2, 0.25) is 0 Å². The summed E-state index contributed by atoms with van der Waals surface area (Å²) in [7, 11) is 0. The predicted molar refractivity (Wildman–Crippen MR) is 77.4 cm³/mol. The van der Waals surface area contributed by atoms with Crippen molar-refractivity contribution in [2.75, 3.05) is 11.1 Å². The number of amides is 1. The Hall–Kier alpha value is -2.48. The lowest BCUT2D eigenvalue weighted by Gasteiger charge is -2.06. The first kappa shape index (κ1) is 13.9. The Labute approximate surface area is 122 Å². The fourth-order valence-corrected chi connectivity index (χ4v) is 1.91. The third-order valence-corrected chi connectivity index (χ3v) is 3.09. The quantitative estimate of drug-likeness (QED) is 0.660. The van der Waals surface area contributed by atoms with Crippen LogP contribution in [0.5, 0.6) is 0 Å². The minimum Gasteiger partial charge on any atom is -0.397 e. The van der Waals surface area contributed by atoms with Gasteiger partial charge in [-0.2, -0.15) is 0 Å². The van der Waals surface area contributed by atoms with Gasteiger partial charge in [-0.15, -0.1) is 0 Å². The van der Waals surface area contributed by atoms with Crippen molar-refractivity contribution in [3.05, 3.63) is 56.8 Å². The topological polar surface area (TPSA) is 111 Å². The lowest BCUT2D eigenvalue weighted by atomic mass is 10.2. The third kappa shape index (κ3) is 3.09. The van der Waals surface area contributed by atoms with Crippen LogP contribution in [0.15, 0.2) is 41.0 Å². The molecule has 0 aliphatic heterocycles. The van der Waals surface area contributed by atoms with Gasteiger partial charge in [0, 0.05) is 16.6 Å². The number of nitrogens with two attached hydrogens (primary N) is 1. The number of anilines is 2. The maximum atomic E-state index is 11.9. The largest absolute Gasteiger partial charge is 0.397 e. The van der Waals surface area contributed by atoms with E-state index in [-0.39, 0.29) is 11.4 Å². The van der Waals surface area contributed by atoms with Crippen LogP contribution in [0.2, 0.25) is 0 Å². The van der Waals surface area contributed by atoms with E-state index in [0.717, 1.165) is 0 Å². The summed E-state index contributed by atoms with van der Waals surface area (Å²) in [6.07, 6.45) is 1.37. The van der Waals surface area contributed by atoms with E-state index >= 15 is 0 Å². The number of aromatic nitrogens is 1. The molecule has 1 aromatic carbocycles. The standard InChI is InChI=1S/C12H9BrN4O3/c13-9-5-8(17(19)20)2-4-10(9)16-12(18)11-3-1-7(14)6-15-11/h1-6H,14H2,(H,16,18). The second-order valence-electron chi connectivity index (χ2n) is 3.85. The van der Waals surface area contributed by atoms with Crippen molar-refractivity contribution in [1.29, 1.82) is 0 Å². The first-order valence-corrected chi connectivity index (χ1v) is 6.23. The minimum atomic E-state index is -0.516. The number of halogens is 1. The molecule has 0 spiro atoms. The molecule has 7 nitrogen and oxygen atoms in total. The van der Waals surface area contributed by atoms with Gasteiger partial charge in [0.05, 0.1) is 22.5 Å². The lowest BCUT2D eigenvalue weighted by molar-refractivity contribution is -0.384. The summed E-state index contributed by atoms with van der Waals surface area (Å²) in [5.41, 5.74) is 6.49. The number of pyridine rings is 1. The average Bonchev–Trinajstić information content (AvgIpc) is 2.41. The van der Waals surface area contributed by atoms with Crippen LogP contribution in [0.25, 0.3) is 0 Å². The van der Waals surface area contributed by atoms with E-state index in [2.05, 4.69) is 26.2 Å². The Morgan fingerprint density at radius 1 is 1.35 bits per heavy atom. The molecule has 20 heavy (non-hydrogen) atoms. The number of nitro benzene ring substituents is 1. The van der Waals surface area contributed by atoms with Crippen LogP contribution in [0.4, 0.5) is 17.1 Å². The van der Waals surface area contributed by atoms with Crippen LogP contribution in [-0.2, 0) is 0 Å². The molecule has 0 saturated carbocycles. The zero-order chi connectivity index (χ0) is 14.7. The van der Waals surface area contributed by atoms with E-state index in [1.807, 2.05) is 0 Å². The summed E-state index contributed by atoms with van der Waals surface area (Å²) in [4.78, 5) is 25.9. The lowest BCUT2D eigenvalue weighted by Crippen LogP contribution is -2.14. The number of non-ortho nitro benzene ring substituents is 1. The third-order valence-electron chi connectivity index (χ3n) is 2.43. The fraction of sp³-hybridized carbons (Fsp3) is 0. The Bertz CT molecular complexity index is 673. The molecule has 1 amide bonds. The van der Waals surface area contributed by atoms with Crippen molar-refractivity contribution >= 4 is 38.9 Å². The number of rotatable bonds is 3. The highest BCUT2D eigenvalue weighted by Crippen LogP contribution is 2.27. The van der Waals surface area contributed by atoms with Gasteiger partial charge in [-0.1, -0.05) is 0 Å². The molecule has 0 saturated heterocycles. The molecule has 2 aromatic rings. The van der Waals surface area contributed by atoms with E-state index in [1.165, 1.54) is 30.5 Å². The van der Waals surface area contributed by atoms with E-state index in [0.29, 0.717) is 15.8 Å². The van der Waals surface area contributed by atoms with Crippen LogP contribution >= 0.6 is 15.9 Å². The zero-order valence-corrected chi connectivity index (χ0v) is 11.6. The highest BCUT2D eigenvalue weighted by atomic mass is 79.9. The second kappa shape index (κ2) is 5.66. The van der Waals surface area contributed by atoms with Crippen LogP contribution < -0.4 is 11.1 Å². The Kier molecular flexibility index (Phi) is 3.94. The Balaban J connectivity index is 2.19. The molecule has 2 rings (SSSR count). The molecule has 0 fully saturated rings. The smallest absolute Gasteiger partial charge is 0.274 e. The minimum absolute atomic E-state index is 0.0690. The van der Waals surface area contributed by atoms with Crippen molar-refractivity contribution in [3.63, 3.8) is 0 Å². The summed E-state index contributed by atoms with van der Waals surface area (Å²) >= 11 is 3.17. The van der Waals surface area contributed by atoms with Gasteiger partial charge < -0.3 is 11.1 Å². The van der Waals surface area contributed by atoms with Crippen molar-refractivity contribution < 1.29 is 9.72 Å². The van der Waals surface area contributed by atoms with Gasteiger partial charge >= 0.3 is 0 Å². The first-order valence-electron chi connectivity index (χ1n) is 5.44. The number of nitro groups is 1. The van der Waals surface area contributed by atoms with E-state index in [9.17, 15) is 14.9 Å². The summed E-state index contributed by atoms with van der Waals surface area (Å²) in [6.45, 7) is 0. The fourth-order valence-electron chi connectivity index (χ4n) is 1.44. The number of carbonyl (C=O) groups is 1. The second-order valence-corrected chi connectivity index (χ2v) is 4.71. The van der Waals surface area contributed by atoms with E-state index < -0.39 is 10.8 Å². The number of nitrogen functional groups attached to an aromatic ring is 1. The molecular formula is C12H9BrN4O3. The van der Waals surface area contributed by atoms with Gasteiger partial charge in [0.1, 0.15) is 5.69 Å². The van der Waals surface area contributed by atoms with Crippen LogP contribution in [0.1, 0.15) is 10.5 Å². The van der Waals surface area contributed by atoms with Crippen molar-refractivity contribution in [2.24, 2.45) is 0 Å². The summed E-state index contributed by atoms with van der Waals surface area (Å²) < 4.78 is 0.412. The summed E-state index contributed by atoms with van der Waals surface area (Å²) in [5.74, 6) is -0.431. The maximum Gasteiger partial charge on any atom is 0.274 e. The predicted octanol–water partition coefficient (Wildman–Crippen LogP) is 2.59. The molecule has 0 atom stereocenters. The molecule has 0 aliphatic rings. The van der Waals surface area contributed by atoms with Crippen molar-refractivity contribution in [3.8, 4) is 0 Å². The highest BCUT2D eigenvalue weighted by molar-refractivity contribution is 9.10. The molecule has 102 valence electrons. The zero-order valence-electron chi connectivity index (χ0n) is 10.0. The average molecular weight is 337 g/mol. The van der Waals surface area contributed by atoms with E-state index in [1.54, 1.807) is 6.07 Å². The monoisotopic (exact) mass is 336 g/mol. The molecule has 3 N–H and O–H groups in total. The van der Waals surface area contributed by atoms with Gasteiger partial charge in [0.15, 0.2) is 0 Å². The van der Waals surface area contributed by atoms with E-state index in [4.69, 9.17) is 5.73 Å². The summed E-state index contributed by atoms with van der Waals surface area (Å²) in [5, 5.41) is 13.2. The van der Waals surface area contributed by atoms with Gasteiger partial charge in [-0.25, -0.2) is 4.98 Å². The van der Waals surface area contributed by atoms with Crippen LogP contribution in [-0.4, -0.2) is 15.8 Å². The van der Waals surface area contributed by atoms with Crippen LogP contribution in [0.3, 0.4) is 0 Å². The molecule has 0 radical (unpaired) electrons. The molecule has 0 bridgehead atoms. The normalized spacial score (nSPS) is 10.1. The molecule has 1 heterocycles. The number of nitrogens with zero attached hydrogens (tertiary/aromatic N) is 2. The Morgan fingerprint density at radius 3 is 2.65 bits per heavy atom. The van der Waals surface area contributed by atoms with Crippen molar-refractivity contribution in [2.45, 2.75) is 0 Å². The molecule has 1 aromatic heterocycles. The number of benzene rings is 1. The number of nitrogens with one attached hydrogen (secondary N) is 1. The molecule has 0 aliphatic carbocycles. The maximum absolute atomic E-state index is 11.9. The van der Waals surface area contributed by atoms with Gasteiger partial charge in [-0.05, 0) is 34.1 Å². The highest BCUT2D eigenvalue weighted by Gasteiger charge is 2.12.